The summed E-state index contributed by atoms with van der Waals surface area (Å²) in [4.78, 5) is 51.8. The molecular formula is C30H37N3O7. The van der Waals surface area contributed by atoms with E-state index in [0.29, 0.717) is 17.9 Å². The molecule has 0 radical (unpaired) electrons. The smallest absolute Gasteiger partial charge is 0.408 e. The fraction of sp³-hybridized carbons (Fsp3) is 0.400. The largest absolute Gasteiger partial charge is 0.459 e. The van der Waals surface area contributed by atoms with Crippen LogP contribution < -0.4 is 16.6 Å². The number of aromatic nitrogens is 2. The molecular weight excluding hydrogens is 514 g/mol. The van der Waals surface area contributed by atoms with Gasteiger partial charge in [0.05, 0.1) is 6.61 Å². The van der Waals surface area contributed by atoms with Crippen molar-refractivity contribution in [3.8, 4) is 0 Å². The van der Waals surface area contributed by atoms with Crippen molar-refractivity contribution in [3.05, 3.63) is 104 Å². The zero-order chi connectivity index (χ0) is 29.3. The molecule has 0 spiro atoms. The number of rotatable bonds is 11. The van der Waals surface area contributed by atoms with E-state index in [2.05, 4.69) is 5.32 Å². The number of amides is 1. The second-order valence-corrected chi connectivity index (χ2v) is 10.4. The van der Waals surface area contributed by atoms with Crippen LogP contribution in [0.1, 0.15) is 49.6 Å². The van der Waals surface area contributed by atoms with Gasteiger partial charge in [-0.15, -0.1) is 0 Å². The maximum absolute atomic E-state index is 13.3. The van der Waals surface area contributed by atoms with Crippen LogP contribution in [0.2, 0.25) is 0 Å². The number of nitrogens with one attached hydrogen (secondary N) is 1. The summed E-state index contributed by atoms with van der Waals surface area (Å²) in [5.74, 6) is -0.710. The summed E-state index contributed by atoms with van der Waals surface area (Å²) in [6.07, 6.45) is -0.886. The molecule has 1 N–H and O–H groups in total. The van der Waals surface area contributed by atoms with E-state index in [1.165, 1.54) is 4.57 Å². The molecule has 214 valence electrons. The maximum Gasteiger partial charge on any atom is 0.408 e. The number of esters is 1. The molecule has 1 aromatic heterocycles. The number of hydrogen-bond donors (Lipinski definition) is 1. The Morgan fingerprint density at radius 2 is 1.45 bits per heavy atom. The number of nitrogens with zero attached hydrogens (tertiary/aromatic N) is 2. The molecule has 10 nitrogen and oxygen atoms in total. The molecule has 0 fully saturated rings. The van der Waals surface area contributed by atoms with Crippen molar-refractivity contribution in [2.45, 2.75) is 79.2 Å². The summed E-state index contributed by atoms with van der Waals surface area (Å²) < 4.78 is 18.9. The highest BCUT2D eigenvalue weighted by Crippen LogP contribution is 2.10. The number of carbonyl (C=O) groups excluding carboxylic acids is 2. The highest BCUT2D eigenvalue weighted by molar-refractivity contribution is 5.81. The Hall–Kier alpha value is -4.18. The van der Waals surface area contributed by atoms with Gasteiger partial charge in [-0.1, -0.05) is 60.7 Å². The zero-order valence-electron chi connectivity index (χ0n) is 23.6. The standard InChI is InChI=1S/C30H37N3O7/c1-21-22(2)33(20-38-18-23-12-8-6-9-13-23)29(37)32(26(21)34)17-16-25(31-28(36)40-30(3,4)5)27(35)39-19-24-14-10-7-11-15-24/h6-15,25H,16-20H2,1-5H3,(H,31,36). The molecule has 40 heavy (non-hydrogen) atoms. The summed E-state index contributed by atoms with van der Waals surface area (Å²) in [6, 6.07) is 17.5. The number of benzene rings is 2. The molecule has 0 aliphatic rings. The third kappa shape index (κ3) is 8.67. The van der Waals surface area contributed by atoms with Gasteiger partial charge in [-0.05, 0) is 52.2 Å². The van der Waals surface area contributed by atoms with E-state index in [9.17, 15) is 19.2 Å². The van der Waals surface area contributed by atoms with E-state index in [4.69, 9.17) is 14.2 Å². The lowest BCUT2D eigenvalue weighted by molar-refractivity contribution is -0.147. The number of hydrogen-bond acceptors (Lipinski definition) is 7. The quantitative estimate of drug-likeness (QED) is 0.360. The third-order valence-electron chi connectivity index (χ3n) is 6.15. The minimum atomic E-state index is -1.16. The fourth-order valence-electron chi connectivity index (χ4n) is 3.90. The lowest BCUT2D eigenvalue weighted by Gasteiger charge is -2.23. The number of alkyl carbamates (subject to hydrolysis) is 1. The van der Waals surface area contributed by atoms with Gasteiger partial charge in [-0.2, -0.15) is 0 Å². The van der Waals surface area contributed by atoms with Gasteiger partial charge in [0.15, 0.2) is 0 Å². The minimum absolute atomic E-state index is 0.00131. The molecule has 0 saturated carbocycles. The topological polar surface area (TPSA) is 118 Å². The zero-order valence-corrected chi connectivity index (χ0v) is 23.6. The number of carbonyl (C=O) groups is 2. The van der Waals surface area contributed by atoms with Crippen molar-refractivity contribution >= 4 is 12.1 Å². The molecule has 1 heterocycles. The van der Waals surface area contributed by atoms with Crippen LogP contribution in [0.25, 0.3) is 0 Å². The van der Waals surface area contributed by atoms with E-state index in [0.717, 1.165) is 15.7 Å². The maximum atomic E-state index is 13.3. The van der Waals surface area contributed by atoms with Gasteiger partial charge in [0.1, 0.15) is 25.0 Å². The molecule has 0 bridgehead atoms. The highest BCUT2D eigenvalue weighted by Gasteiger charge is 2.26. The fourth-order valence-corrected chi connectivity index (χ4v) is 3.90. The average molecular weight is 552 g/mol. The Kier molecular flexibility index (Phi) is 10.4. The van der Waals surface area contributed by atoms with Crippen LogP contribution >= 0.6 is 0 Å². The van der Waals surface area contributed by atoms with E-state index < -0.39 is 35.0 Å². The molecule has 0 aliphatic heterocycles. The Labute approximate surface area is 233 Å². The lowest BCUT2D eigenvalue weighted by Crippen LogP contribution is -2.47. The van der Waals surface area contributed by atoms with Crippen LogP contribution in [0.3, 0.4) is 0 Å². The Bertz CT molecular complexity index is 1410. The van der Waals surface area contributed by atoms with Crippen molar-refractivity contribution in [1.29, 1.82) is 0 Å². The van der Waals surface area contributed by atoms with Gasteiger partial charge >= 0.3 is 17.8 Å². The molecule has 0 saturated heterocycles. The van der Waals surface area contributed by atoms with E-state index in [1.807, 2.05) is 48.5 Å². The number of ether oxygens (including phenoxy) is 3. The van der Waals surface area contributed by atoms with E-state index in [1.54, 1.807) is 46.8 Å². The SMILES string of the molecule is Cc1c(C)n(COCc2ccccc2)c(=O)n(CCC(NC(=O)OC(C)(C)C)C(=O)OCc2ccccc2)c1=O. The van der Waals surface area contributed by atoms with Gasteiger partial charge < -0.3 is 19.5 Å². The summed E-state index contributed by atoms with van der Waals surface area (Å²) >= 11 is 0. The first-order valence-corrected chi connectivity index (χ1v) is 13.1. The average Bonchev–Trinajstić information content (AvgIpc) is 2.92. The Morgan fingerprint density at radius 3 is 2.02 bits per heavy atom. The second-order valence-electron chi connectivity index (χ2n) is 10.4. The molecule has 0 aliphatic carbocycles. The first-order chi connectivity index (χ1) is 19.0. The minimum Gasteiger partial charge on any atom is -0.459 e. The third-order valence-corrected chi connectivity index (χ3v) is 6.15. The highest BCUT2D eigenvalue weighted by atomic mass is 16.6. The van der Waals surface area contributed by atoms with Crippen LogP contribution in [0.5, 0.6) is 0 Å². The van der Waals surface area contributed by atoms with Crippen LogP contribution in [-0.2, 0) is 45.5 Å². The molecule has 1 atom stereocenters. The first kappa shape index (κ1) is 30.4. The molecule has 1 unspecified atom stereocenters. The summed E-state index contributed by atoms with van der Waals surface area (Å²) in [5.41, 5.74) is 0.752. The summed E-state index contributed by atoms with van der Waals surface area (Å²) in [6.45, 7) is 8.51. The van der Waals surface area contributed by atoms with Crippen molar-refractivity contribution in [1.82, 2.24) is 14.5 Å². The van der Waals surface area contributed by atoms with Crippen molar-refractivity contribution < 1.29 is 23.8 Å². The van der Waals surface area contributed by atoms with Gasteiger partial charge in [-0.25, -0.2) is 14.4 Å². The first-order valence-electron chi connectivity index (χ1n) is 13.1. The van der Waals surface area contributed by atoms with Gasteiger partial charge in [-0.3, -0.25) is 13.9 Å². The van der Waals surface area contributed by atoms with Crippen LogP contribution in [-0.4, -0.2) is 32.8 Å². The molecule has 3 rings (SSSR count). The molecule has 1 amide bonds. The normalized spacial score (nSPS) is 12.0. The second kappa shape index (κ2) is 13.7. The van der Waals surface area contributed by atoms with Crippen LogP contribution in [0.15, 0.2) is 70.3 Å². The van der Waals surface area contributed by atoms with Crippen molar-refractivity contribution in [2.75, 3.05) is 0 Å². The molecule has 3 aromatic rings. The predicted molar refractivity (Wildman–Crippen MR) is 150 cm³/mol. The van der Waals surface area contributed by atoms with E-state index >= 15 is 0 Å². The Balaban J connectivity index is 1.78. The van der Waals surface area contributed by atoms with Gasteiger partial charge in [0.25, 0.3) is 5.56 Å². The molecule has 2 aromatic carbocycles. The van der Waals surface area contributed by atoms with Gasteiger partial charge in [0, 0.05) is 17.8 Å². The predicted octanol–water partition coefficient (Wildman–Crippen LogP) is 3.83. The van der Waals surface area contributed by atoms with Crippen molar-refractivity contribution in [2.24, 2.45) is 0 Å². The molecule has 10 heteroatoms. The monoisotopic (exact) mass is 551 g/mol. The summed E-state index contributed by atoms with van der Waals surface area (Å²) in [5, 5.41) is 2.53. The lowest BCUT2D eigenvalue weighted by atomic mass is 10.2. The van der Waals surface area contributed by atoms with E-state index in [-0.39, 0.29) is 26.3 Å². The van der Waals surface area contributed by atoms with Crippen LogP contribution in [0, 0.1) is 13.8 Å². The van der Waals surface area contributed by atoms with Gasteiger partial charge in [0.2, 0.25) is 0 Å². The summed E-state index contributed by atoms with van der Waals surface area (Å²) in [7, 11) is 0. The Morgan fingerprint density at radius 1 is 0.875 bits per heavy atom. The van der Waals surface area contributed by atoms with Crippen molar-refractivity contribution in [3.63, 3.8) is 0 Å². The van der Waals surface area contributed by atoms with Crippen LogP contribution in [0.4, 0.5) is 4.79 Å².